The van der Waals surface area contributed by atoms with Gasteiger partial charge in [0.1, 0.15) is 10.5 Å². The number of carboxylic acid groups (broad SMARTS) is 1. The second kappa shape index (κ2) is 3.97. The van der Waals surface area contributed by atoms with Crippen LogP contribution in [0.1, 0.15) is 10.5 Å². The number of benzene rings is 1. The predicted octanol–water partition coefficient (Wildman–Crippen LogP) is 2.18. The first kappa shape index (κ1) is 12.0. The molecule has 2 heterocycles. The van der Waals surface area contributed by atoms with Crippen molar-refractivity contribution in [3.8, 4) is 0 Å². The Balaban J connectivity index is 2.60. The third-order valence-corrected chi connectivity index (χ3v) is 3.29. The molecule has 0 atom stereocenters. The van der Waals surface area contributed by atoms with Gasteiger partial charge < -0.3 is 10.1 Å². The van der Waals surface area contributed by atoms with Crippen molar-refractivity contribution in [3.05, 3.63) is 44.4 Å². The van der Waals surface area contributed by atoms with Gasteiger partial charge in [-0.25, -0.2) is 9.59 Å². The number of carbonyl (C=O) groups is 1. The minimum atomic E-state index is -1.30. The predicted molar refractivity (Wildman–Crippen MR) is 70.3 cm³/mol. The summed E-state index contributed by atoms with van der Waals surface area (Å²) in [6.45, 7) is 0. The maximum Gasteiger partial charge on any atom is 0.358 e. The van der Waals surface area contributed by atoms with Crippen LogP contribution in [-0.2, 0) is 0 Å². The third-order valence-electron chi connectivity index (χ3n) is 2.70. The molecule has 0 unspecified atom stereocenters. The Hall–Kier alpha value is -2.05. The zero-order chi connectivity index (χ0) is 13.7. The molecular weight excluding hydrogens is 293 g/mol. The lowest BCUT2D eigenvalue weighted by Crippen LogP contribution is -2.17. The Morgan fingerprint density at radius 3 is 2.79 bits per heavy atom. The van der Waals surface area contributed by atoms with Crippen molar-refractivity contribution in [2.75, 3.05) is 0 Å². The van der Waals surface area contributed by atoms with Crippen LogP contribution < -0.4 is 5.69 Å². The summed E-state index contributed by atoms with van der Waals surface area (Å²) in [6, 6.07) is 4.82. The largest absolute Gasteiger partial charge is 0.476 e. The van der Waals surface area contributed by atoms with Gasteiger partial charge in [0.05, 0.1) is 5.52 Å². The molecule has 0 radical (unpaired) electrons. The quantitative estimate of drug-likeness (QED) is 0.720. The van der Waals surface area contributed by atoms with Gasteiger partial charge in [-0.15, -0.1) is 0 Å². The van der Waals surface area contributed by atoms with E-state index in [4.69, 9.17) is 28.3 Å². The maximum atomic E-state index is 11.8. The number of hydrogen-bond acceptors (Lipinski definition) is 3. The van der Waals surface area contributed by atoms with Gasteiger partial charge in [0, 0.05) is 10.4 Å². The summed E-state index contributed by atoms with van der Waals surface area (Å²) < 4.78 is 0.933. The fourth-order valence-electron chi connectivity index (χ4n) is 1.91. The number of aromatic amines is 1. The van der Waals surface area contributed by atoms with Crippen LogP contribution in [0.2, 0.25) is 10.0 Å². The summed E-state index contributed by atoms with van der Waals surface area (Å²) >= 11 is 11.8. The van der Waals surface area contributed by atoms with Gasteiger partial charge in [0.2, 0.25) is 0 Å². The molecule has 0 spiro atoms. The lowest BCUT2D eigenvalue weighted by molar-refractivity contribution is 0.0690. The average molecular weight is 298 g/mol. The van der Waals surface area contributed by atoms with Gasteiger partial charge in [0.25, 0.3) is 0 Å². The minimum absolute atomic E-state index is 0.0778. The number of fused-ring (bicyclic) bond motifs is 3. The highest BCUT2D eigenvalue weighted by Crippen LogP contribution is 2.28. The molecule has 2 N–H and O–H groups in total. The molecular formula is C11H5Cl2N3O3. The highest BCUT2D eigenvalue weighted by atomic mass is 35.5. The Labute approximate surface area is 115 Å². The minimum Gasteiger partial charge on any atom is -0.476 e. The molecule has 8 heteroatoms. The molecule has 3 aromatic rings. The number of aromatic carboxylic acids is 1. The molecule has 0 saturated heterocycles. The highest BCUT2D eigenvalue weighted by Gasteiger charge is 2.20. The molecule has 0 amide bonds. The Kier molecular flexibility index (Phi) is 2.51. The molecule has 0 fully saturated rings. The SMILES string of the molecule is O=C(O)c1nn2c(=O)[nH]c3cc(Cl)ccc3c2c1Cl. The number of hydrogen-bond donors (Lipinski definition) is 2. The van der Waals surface area contributed by atoms with Crippen LogP contribution in [0.3, 0.4) is 0 Å². The zero-order valence-corrected chi connectivity index (χ0v) is 10.7. The second-order valence-corrected chi connectivity index (χ2v) is 4.66. The van der Waals surface area contributed by atoms with Crippen LogP contribution in [0.15, 0.2) is 23.0 Å². The topological polar surface area (TPSA) is 87.5 Å². The summed E-state index contributed by atoms with van der Waals surface area (Å²) in [4.78, 5) is 25.4. The van der Waals surface area contributed by atoms with E-state index < -0.39 is 11.7 Å². The van der Waals surface area contributed by atoms with Gasteiger partial charge >= 0.3 is 11.7 Å². The van der Waals surface area contributed by atoms with Gasteiger partial charge in [0.15, 0.2) is 5.69 Å². The van der Waals surface area contributed by atoms with Crippen LogP contribution in [0.5, 0.6) is 0 Å². The average Bonchev–Trinajstić information content (AvgIpc) is 2.68. The fraction of sp³-hybridized carbons (Fsp3) is 0. The smallest absolute Gasteiger partial charge is 0.358 e. The first-order valence-corrected chi connectivity index (χ1v) is 5.87. The van der Waals surface area contributed by atoms with Crippen molar-refractivity contribution in [2.45, 2.75) is 0 Å². The molecule has 2 aromatic heterocycles. The number of carboxylic acids is 1. The van der Waals surface area contributed by atoms with E-state index in [2.05, 4.69) is 10.1 Å². The number of nitrogens with zero attached hydrogens (tertiary/aromatic N) is 2. The maximum absolute atomic E-state index is 11.8. The van der Waals surface area contributed by atoms with Crippen LogP contribution >= 0.6 is 23.2 Å². The van der Waals surface area contributed by atoms with Gasteiger partial charge in [-0.2, -0.15) is 9.61 Å². The fourth-order valence-corrected chi connectivity index (χ4v) is 2.38. The van der Waals surface area contributed by atoms with Crippen LogP contribution in [-0.4, -0.2) is 25.7 Å². The summed E-state index contributed by atoms with van der Waals surface area (Å²) in [5.74, 6) is -1.30. The van der Waals surface area contributed by atoms with Crippen LogP contribution in [0, 0.1) is 0 Å². The number of rotatable bonds is 1. The summed E-state index contributed by atoms with van der Waals surface area (Å²) in [5.41, 5.74) is -0.244. The number of H-pyrrole nitrogens is 1. The first-order chi connectivity index (χ1) is 8.99. The number of halogens is 2. The van der Waals surface area contributed by atoms with E-state index in [0.29, 0.717) is 15.9 Å². The van der Waals surface area contributed by atoms with Crippen molar-refractivity contribution in [1.29, 1.82) is 0 Å². The standard InChI is InChI=1S/C11H5Cl2N3O3/c12-4-1-2-5-6(3-4)14-11(19)16-9(5)7(13)8(15-16)10(17)18/h1-3H,(H,14,19)(H,17,18). The summed E-state index contributed by atoms with van der Waals surface area (Å²) in [7, 11) is 0. The molecule has 3 rings (SSSR count). The lowest BCUT2D eigenvalue weighted by atomic mass is 10.2. The number of nitrogens with one attached hydrogen (secondary N) is 1. The molecule has 1 aromatic carbocycles. The van der Waals surface area contributed by atoms with Crippen molar-refractivity contribution in [2.24, 2.45) is 0 Å². The highest BCUT2D eigenvalue weighted by molar-refractivity contribution is 6.38. The first-order valence-electron chi connectivity index (χ1n) is 5.12. The number of aromatic nitrogens is 3. The van der Waals surface area contributed by atoms with Crippen LogP contribution in [0.25, 0.3) is 16.4 Å². The Morgan fingerprint density at radius 1 is 1.37 bits per heavy atom. The second-order valence-electron chi connectivity index (χ2n) is 3.85. The molecule has 0 saturated carbocycles. The molecule has 19 heavy (non-hydrogen) atoms. The summed E-state index contributed by atoms with van der Waals surface area (Å²) in [6.07, 6.45) is 0. The van der Waals surface area contributed by atoms with E-state index in [0.717, 1.165) is 4.52 Å². The van der Waals surface area contributed by atoms with E-state index in [1.165, 1.54) is 0 Å². The molecule has 96 valence electrons. The van der Waals surface area contributed by atoms with Crippen molar-refractivity contribution in [3.63, 3.8) is 0 Å². The third kappa shape index (κ3) is 1.68. The molecule has 0 aliphatic heterocycles. The van der Waals surface area contributed by atoms with E-state index in [1.54, 1.807) is 18.2 Å². The van der Waals surface area contributed by atoms with Crippen molar-refractivity contribution < 1.29 is 9.90 Å². The van der Waals surface area contributed by atoms with E-state index in [-0.39, 0.29) is 16.2 Å². The van der Waals surface area contributed by atoms with Gasteiger partial charge in [-0.1, -0.05) is 23.2 Å². The normalized spacial score (nSPS) is 11.3. The lowest BCUT2D eigenvalue weighted by Gasteiger charge is -2.01. The zero-order valence-electron chi connectivity index (χ0n) is 9.15. The van der Waals surface area contributed by atoms with Crippen molar-refractivity contribution >= 4 is 45.6 Å². The van der Waals surface area contributed by atoms with E-state index in [9.17, 15) is 9.59 Å². The van der Waals surface area contributed by atoms with Crippen molar-refractivity contribution in [1.82, 2.24) is 14.6 Å². The molecule has 0 bridgehead atoms. The van der Waals surface area contributed by atoms with E-state index >= 15 is 0 Å². The molecule has 0 aliphatic rings. The molecule has 0 aliphatic carbocycles. The van der Waals surface area contributed by atoms with E-state index in [1.807, 2.05) is 0 Å². The Morgan fingerprint density at radius 2 is 2.11 bits per heavy atom. The summed E-state index contributed by atoms with van der Waals surface area (Å²) in [5, 5.41) is 13.6. The van der Waals surface area contributed by atoms with Gasteiger partial charge in [-0.05, 0) is 18.2 Å². The monoisotopic (exact) mass is 297 g/mol. The Bertz CT molecular complexity index is 897. The molecule has 6 nitrogen and oxygen atoms in total. The van der Waals surface area contributed by atoms with Gasteiger partial charge in [-0.3, -0.25) is 0 Å². The van der Waals surface area contributed by atoms with Crippen LogP contribution in [0.4, 0.5) is 0 Å².